The molecule has 1 aliphatic rings. The Balaban J connectivity index is 3.11. The molecule has 1 fully saturated rings. The standard InChI is InChI=1S/C10H18O12S2/c1-3-4-19-8-7(22-24(15,16)17)6(5-20-23(12,13)14)21-10(11)9(8)18-2/h3,6-11H,1,4-5H2,2H3,(H,12,13,14)(H,15,16,17)/t6-,7-,8+,9+,10+/m1/s1. The maximum Gasteiger partial charge on any atom is 0.397 e. The second-order valence-electron chi connectivity index (χ2n) is 4.55. The molecule has 0 saturated carbocycles. The lowest BCUT2D eigenvalue weighted by Crippen LogP contribution is -2.61. The first kappa shape index (κ1) is 21.4. The van der Waals surface area contributed by atoms with Gasteiger partial charge in [-0.3, -0.25) is 9.11 Å². The van der Waals surface area contributed by atoms with Crippen molar-refractivity contribution in [1.29, 1.82) is 0 Å². The van der Waals surface area contributed by atoms with Gasteiger partial charge in [0.2, 0.25) is 0 Å². The van der Waals surface area contributed by atoms with E-state index in [4.69, 9.17) is 23.3 Å². The minimum atomic E-state index is -5.01. The third-order valence-corrected chi connectivity index (χ3v) is 3.80. The molecule has 1 saturated heterocycles. The first-order valence-electron chi connectivity index (χ1n) is 6.35. The van der Waals surface area contributed by atoms with Gasteiger partial charge in [0.15, 0.2) is 6.29 Å². The third-order valence-electron chi connectivity index (χ3n) is 2.90. The van der Waals surface area contributed by atoms with Gasteiger partial charge in [-0.1, -0.05) is 6.08 Å². The smallest absolute Gasteiger partial charge is 0.373 e. The molecule has 0 bridgehead atoms. The topological polar surface area (TPSA) is 175 Å². The van der Waals surface area contributed by atoms with E-state index in [0.717, 1.165) is 0 Å². The van der Waals surface area contributed by atoms with Crippen LogP contribution < -0.4 is 0 Å². The van der Waals surface area contributed by atoms with Gasteiger partial charge in [-0.05, 0) is 0 Å². The molecule has 24 heavy (non-hydrogen) atoms. The van der Waals surface area contributed by atoms with E-state index >= 15 is 0 Å². The number of rotatable bonds is 9. The van der Waals surface area contributed by atoms with Crippen LogP contribution in [0.15, 0.2) is 12.7 Å². The number of hydrogen-bond acceptors (Lipinski definition) is 10. The second kappa shape index (κ2) is 8.61. The Morgan fingerprint density at radius 3 is 2.21 bits per heavy atom. The van der Waals surface area contributed by atoms with Gasteiger partial charge in [0.05, 0.1) is 13.2 Å². The Bertz CT molecular complexity index is 614. The minimum absolute atomic E-state index is 0.117. The van der Waals surface area contributed by atoms with Crippen LogP contribution in [0.3, 0.4) is 0 Å². The number of aliphatic hydroxyl groups is 1. The van der Waals surface area contributed by atoms with Crippen molar-refractivity contribution >= 4 is 20.8 Å². The zero-order valence-electron chi connectivity index (χ0n) is 12.4. The molecule has 0 aliphatic carbocycles. The van der Waals surface area contributed by atoms with Gasteiger partial charge in [0.25, 0.3) is 0 Å². The summed E-state index contributed by atoms with van der Waals surface area (Å²) in [7, 11) is -8.72. The summed E-state index contributed by atoms with van der Waals surface area (Å²) < 4.78 is 84.6. The molecule has 0 aromatic rings. The second-order valence-corrected chi connectivity index (χ2v) is 6.69. The van der Waals surface area contributed by atoms with Crippen molar-refractivity contribution in [1.82, 2.24) is 0 Å². The molecule has 0 spiro atoms. The van der Waals surface area contributed by atoms with Gasteiger partial charge < -0.3 is 19.3 Å². The van der Waals surface area contributed by atoms with Crippen LogP contribution in [0.4, 0.5) is 0 Å². The lowest BCUT2D eigenvalue weighted by Gasteiger charge is -2.42. The molecule has 0 unspecified atom stereocenters. The molecule has 0 aromatic carbocycles. The van der Waals surface area contributed by atoms with E-state index < -0.39 is 58.1 Å². The lowest BCUT2D eigenvalue weighted by atomic mass is 9.99. The van der Waals surface area contributed by atoms with E-state index in [2.05, 4.69) is 14.9 Å². The predicted molar refractivity (Wildman–Crippen MR) is 75.5 cm³/mol. The summed E-state index contributed by atoms with van der Waals surface area (Å²) in [5.41, 5.74) is 0. The van der Waals surface area contributed by atoms with Crippen molar-refractivity contribution in [2.45, 2.75) is 30.7 Å². The Labute approximate surface area is 138 Å². The molecule has 12 nitrogen and oxygen atoms in total. The Morgan fingerprint density at radius 1 is 1.12 bits per heavy atom. The summed E-state index contributed by atoms with van der Waals surface area (Å²) in [6.45, 7) is 2.35. The molecule has 1 rings (SSSR count). The van der Waals surface area contributed by atoms with E-state index in [9.17, 15) is 21.9 Å². The van der Waals surface area contributed by atoms with Crippen LogP contribution in [-0.4, -0.2) is 82.1 Å². The maximum absolute atomic E-state index is 11.0. The minimum Gasteiger partial charge on any atom is -0.373 e. The van der Waals surface area contributed by atoms with Crippen LogP contribution in [-0.2, 0) is 43.4 Å². The highest BCUT2D eigenvalue weighted by Crippen LogP contribution is 2.28. The zero-order valence-corrected chi connectivity index (χ0v) is 14.1. The fraction of sp³-hybridized carbons (Fsp3) is 0.800. The molecule has 0 radical (unpaired) electrons. The van der Waals surface area contributed by atoms with Crippen LogP contribution in [0, 0.1) is 0 Å². The number of methoxy groups -OCH3 is 1. The summed E-state index contributed by atoms with van der Waals surface area (Å²) in [4.78, 5) is 0. The summed E-state index contributed by atoms with van der Waals surface area (Å²) in [5, 5.41) is 9.87. The van der Waals surface area contributed by atoms with Crippen molar-refractivity contribution in [3.63, 3.8) is 0 Å². The van der Waals surface area contributed by atoms with E-state index in [1.54, 1.807) is 0 Å². The average molecular weight is 394 g/mol. The molecular formula is C10H18O12S2. The lowest BCUT2D eigenvalue weighted by molar-refractivity contribution is -0.292. The largest absolute Gasteiger partial charge is 0.397 e. The van der Waals surface area contributed by atoms with Gasteiger partial charge in [-0.15, -0.1) is 6.58 Å². The number of hydrogen-bond donors (Lipinski definition) is 3. The Kier molecular flexibility index (Phi) is 7.67. The van der Waals surface area contributed by atoms with Gasteiger partial charge in [0.1, 0.15) is 24.4 Å². The van der Waals surface area contributed by atoms with Crippen molar-refractivity contribution in [2.24, 2.45) is 0 Å². The fourth-order valence-electron chi connectivity index (χ4n) is 2.06. The Hall–Kier alpha value is -0.680. The van der Waals surface area contributed by atoms with Crippen LogP contribution in [0.25, 0.3) is 0 Å². The summed E-state index contributed by atoms with van der Waals surface area (Å²) in [6, 6.07) is 0. The van der Waals surface area contributed by atoms with Crippen LogP contribution in [0.2, 0.25) is 0 Å². The van der Waals surface area contributed by atoms with E-state index in [1.807, 2.05) is 0 Å². The van der Waals surface area contributed by atoms with E-state index in [1.165, 1.54) is 13.2 Å². The van der Waals surface area contributed by atoms with Gasteiger partial charge in [-0.2, -0.15) is 16.8 Å². The van der Waals surface area contributed by atoms with Crippen LogP contribution >= 0.6 is 0 Å². The Morgan fingerprint density at radius 2 is 1.75 bits per heavy atom. The van der Waals surface area contributed by atoms with Crippen molar-refractivity contribution < 1.29 is 53.6 Å². The molecule has 0 amide bonds. The van der Waals surface area contributed by atoms with E-state index in [-0.39, 0.29) is 6.61 Å². The highest BCUT2D eigenvalue weighted by atomic mass is 32.3. The zero-order chi connectivity index (χ0) is 18.5. The highest BCUT2D eigenvalue weighted by Gasteiger charge is 2.49. The van der Waals surface area contributed by atoms with E-state index in [0.29, 0.717) is 0 Å². The molecule has 1 aliphatic heterocycles. The van der Waals surface area contributed by atoms with Gasteiger partial charge >= 0.3 is 20.8 Å². The van der Waals surface area contributed by atoms with Gasteiger partial charge in [-0.25, -0.2) is 8.37 Å². The normalized spacial score (nSPS) is 31.8. The molecule has 14 heteroatoms. The molecule has 5 atom stereocenters. The summed E-state index contributed by atoms with van der Waals surface area (Å²) in [6.07, 6.45) is -6.11. The first-order chi connectivity index (χ1) is 11.0. The molecule has 3 N–H and O–H groups in total. The fourth-order valence-corrected chi connectivity index (χ4v) is 2.88. The number of aliphatic hydroxyl groups excluding tert-OH is 1. The van der Waals surface area contributed by atoms with Gasteiger partial charge in [0, 0.05) is 7.11 Å². The highest BCUT2D eigenvalue weighted by molar-refractivity contribution is 7.81. The summed E-state index contributed by atoms with van der Waals surface area (Å²) >= 11 is 0. The van der Waals surface area contributed by atoms with Crippen LogP contribution in [0.1, 0.15) is 0 Å². The average Bonchev–Trinajstić information content (AvgIpc) is 2.43. The van der Waals surface area contributed by atoms with Crippen molar-refractivity contribution in [3.8, 4) is 0 Å². The number of ether oxygens (including phenoxy) is 3. The molecule has 1 heterocycles. The molecule has 0 aromatic heterocycles. The maximum atomic E-state index is 11.0. The monoisotopic (exact) mass is 394 g/mol. The molecule has 142 valence electrons. The first-order valence-corrected chi connectivity index (χ1v) is 9.08. The summed E-state index contributed by atoms with van der Waals surface area (Å²) in [5.74, 6) is 0. The van der Waals surface area contributed by atoms with Crippen molar-refractivity contribution in [3.05, 3.63) is 12.7 Å². The molecular weight excluding hydrogens is 376 g/mol. The van der Waals surface area contributed by atoms with Crippen LogP contribution in [0.5, 0.6) is 0 Å². The quantitative estimate of drug-likeness (QED) is 0.299. The van der Waals surface area contributed by atoms with Crippen molar-refractivity contribution in [2.75, 3.05) is 20.3 Å². The predicted octanol–water partition coefficient (Wildman–Crippen LogP) is -1.70. The SMILES string of the molecule is C=CCO[C@@H]1[C@H](OC)[C@@H](O)O[C@H](COS(=O)(=O)O)[C@H]1OS(=O)(=O)O. The third kappa shape index (κ3) is 6.67.